The lowest BCUT2D eigenvalue weighted by Gasteiger charge is -2.20. The first-order valence-corrected chi connectivity index (χ1v) is 5.74. The van der Waals surface area contributed by atoms with Crippen LogP contribution in [0.4, 0.5) is 0 Å². The quantitative estimate of drug-likeness (QED) is 0.804. The Labute approximate surface area is 94.5 Å². The van der Waals surface area contributed by atoms with Crippen LogP contribution in [-0.2, 0) is 6.54 Å². The SMILES string of the molecule is CCn1nc([C@@H]2CCCNC2)cc1C(=O)O. The monoisotopic (exact) mass is 223 g/mol. The second-order valence-electron chi connectivity index (χ2n) is 4.12. The van der Waals surface area contributed by atoms with E-state index in [1.54, 1.807) is 10.7 Å². The van der Waals surface area contributed by atoms with Gasteiger partial charge in [-0.3, -0.25) is 4.68 Å². The molecule has 2 rings (SSSR count). The van der Waals surface area contributed by atoms with Crippen molar-refractivity contribution in [3.05, 3.63) is 17.5 Å². The van der Waals surface area contributed by atoms with Gasteiger partial charge in [-0.05, 0) is 32.4 Å². The number of piperidine rings is 1. The molecule has 1 aromatic heterocycles. The summed E-state index contributed by atoms with van der Waals surface area (Å²) in [4.78, 5) is 11.0. The van der Waals surface area contributed by atoms with Crippen LogP contribution in [0.25, 0.3) is 0 Å². The highest BCUT2D eigenvalue weighted by molar-refractivity contribution is 5.85. The maximum absolute atomic E-state index is 11.0. The molecule has 2 N–H and O–H groups in total. The van der Waals surface area contributed by atoms with Crippen molar-refractivity contribution >= 4 is 5.97 Å². The molecule has 1 atom stereocenters. The summed E-state index contributed by atoms with van der Waals surface area (Å²) in [7, 11) is 0. The van der Waals surface area contributed by atoms with E-state index >= 15 is 0 Å². The molecule has 1 aliphatic heterocycles. The highest BCUT2D eigenvalue weighted by Gasteiger charge is 2.21. The highest BCUT2D eigenvalue weighted by atomic mass is 16.4. The molecule has 0 unspecified atom stereocenters. The molecule has 1 fully saturated rings. The first-order chi connectivity index (χ1) is 7.72. The van der Waals surface area contributed by atoms with Gasteiger partial charge in [-0.15, -0.1) is 0 Å². The van der Waals surface area contributed by atoms with Crippen LogP contribution in [0.1, 0.15) is 41.9 Å². The van der Waals surface area contributed by atoms with Crippen LogP contribution in [0.15, 0.2) is 6.07 Å². The number of aryl methyl sites for hydroxylation is 1. The van der Waals surface area contributed by atoms with E-state index in [0.717, 1.165) is 31.6 Å². The Morgan fingerprint density at radius 2 is 2.56 bits per heavy atom. The van der Waals surface area contributed by atoms with E-state index < -0.39 is 5.97 Å². The minimum Gasteiger partial charge on any atom is -0.477 e. The Balaban J connectivity index is 2.24. The van der Waals surface area contributed by atoms with Gasteiger partial charge in [0.2, 0.25) is 0 Å². The van der Waals surface area contributed by atoms with Crippen molar-refractivity contribution in [3.63, 3.8) is 0 Å². The van der Waals surface area contributed by atoms with E-state index in [9.17, 15) is 4.79 Å². The van der Waals surface area contributed by atoms with Crippen LogP contribution >= 0.6 is 0 Å². The summed E-state index contributed by atoms with van der Waals surface area (Å²) < 4.78 is 1.56. The Bertz CT molecular complexity index is 381. The number of carboxylic acids is 1. The van der Waals surface area contributed by atoms with Gasteiger partial charge < -0.3 is 10.4 Å². The fraction of sp³-hybridized carbons (Fsp3) is 0.636. The molecule has 5 heteroatoms. The van der Waals surface area contributed by atoms with Gasteiger partial charge in [0.1, 0.15) is 5.69 Å². The lowest BCUT2D eigenvalue weighted by molar-refractivity contribution is 0.0683. The second-order valence-corrected chi connectivity index (χ2v) is 4.12. The predicted octanol–water partition coefficient (Wildman–Crippen LogP) is 1.07. The van der Waals surface area contributed by atoms with E-state index in [-0.39, 0.29) is 0 Å². The minimum atomic E-state index is -0.899. The molecule has 1 aliphatic rings. The lowest BCUT2D eigenvalue weighted by Crippen LogP contribution is -2.28. The number of nitrogens with zero attached hydrogens (tertiary/aromatic N) is 2. The Morgan fingerprint density at radius 1 is 1.75 bits per heavy atom. The van der Waals surface area contributed by atoms with Crippen LogP contribution in [0.5, 0.6) is 0 Å². The van der Waals surface area contributed by atoms with Gasteiger partial charge in [-0.1, -0.05) is 0 Å². The number of rotatable bonds is 3. The van der Waals surface area contributed by atoms with Crippen LogP contribution in [0, 0.1) is 0 Å². The molecule has 88 valence electrons. The van der Waals surface area contributed by atoms with Gasteiger partial charge in [-0.2, -0.15) is 5.10 Å². The smallest absolute Gasteiger partial charge is 0.354 e. The maximum atomic E-state index is 11.0. The van der Waals surface area contributed by atoms with E-state index in [2.05, 4.69) is 10.4 Å². The zero-order valence-corrected chi connectivity index (χ0v) is 9.44. The van der Waals surface area contributed by atoms with E-state index in [0.29, 0.717) is 18.2 Å². The van der Waals surface area contributed by atoms with Crippen molar-refractivity contribution in [1.82, 2.24) is 15.1 Å². The number of hydrogen-bond donors (Lipinski definition) is 2. The molecule has 0 aromatic carbocycles. The van der Waals surface area contributed by atoms with Crippen molar-refractivity contribution in [2.45, 2.75) is 32.2 Å². The number of aromatic nitrogens is 2. The second kappa shape index (κ2) is 4.65. The van der Waals surface area contributed by atoms with Crippen molar-refractivity contribution in [2.24, 2.45) is 0 Å². The molecule has 0 saturated carbocycles. The lowest BCUT2D eigenvalue weighted by atomic mass is 9.96. The fourth-order valence-corrected chi connectivity index (χ4v) is 2.15. The van der Waals surface area contributed by atoms with Gasteiger partial charge in [0, 0.05) is 19.0 Å². The third kappa shape index (κ3) is 2.09. The molecule has 0 radical (unpaired) electrons. The standard InChI is InChI=1S/C11H17N3O2/c1-2-14-10(11(15)16)6-9(13-14)8-4-3-5-12-7-8/h6,8,12H,2-5,7H2,1H3,(H,15,16)/t8-/m1/s1. The van der Waals surface area contributed by atoms with Crippen LogP contribution in [0.2, 0.25) is 0 Å². The van der Waals surface area contributed by atoms with Gasteiger partial charge in [-0.25, -0.2) is 4.79 Å². The van der Waals surface area contributed by atoms with Gasteiger partial charge >= 0.3 is 5.97 Å². The number of nitrogens with one attached hydrogen (secondary N) is 1. The van der Waals surface area contributed by atoms with E-state index in [4.69, 9.17) is 5.11 Å². The van der Waals surface area contributed by atoms with Gasteiger partial charge in [0.15, 0.2) is 0 Å². The summed E-state index contributed by atoms with van der Waals surface area (Å²) in [5.74, 6) is -0.538. The normalized spacial score (nSPS) is 20.9. The molecule has 1 aromatic rings. The van der Waals surface area contributed by atoms with Crippen molar-refractivity contribution in [3.8, 4) is 0 Å². The fourth-order valence-electron chi connectivity index (χ4n) is 2.15. The number of hydrogen-bond acceptors (Lipinski definition) is 3. The molecular formula is C11H17N3O2. The highest BCUT2D eigenvalue weighted by Crippen LogP contribution is 2.22. The molecular weight excluding hydrogens is 206 g/mol. The summed E-state index contributed by atoms with van der Waals surface area (Å²) >= 11 is 0. The number of aromatic carboxylic acids is 1. The topological polar surface area (TPSA) is 67.2 Å². The zero-order chi connectivity index (χ0) is 11.5. The summed E-state index contributed by atoms with van der Waals surface area (Å²) in [6.45, 7) is 4.46. The van der Waals surface area contributed by atoms with Crippen LogP contribution in [0.3, 0.4) is 0 Å². The molecule has 1 saturated heterocycles. The molecule has 0 spiro atoms. The third-order valence-electron chi connectivity index (χ3n) is 3.03. The predicted molar refractivity (Wildman–Crippen MR) is 59.7 cm³/mol. The number of carboxylic acid groups (broad SMARTS) is 1. The summed E-state index contributed by atoms with van der Waals surface area (Å²) in [5.41, 5.74) is 1.20. The Morgan fingerprint density at radius 3 is 3.06 bits per heavy atom. The Hall–Kier alpha value is -1.36. The van der Waals surface area contributed by atoms with Crippen molar-refractivity contribution < 1.29 is 9.90 Å². The molecule has 2 heterocycles. The summed E-state index contributed by atoms with van der Waals surface area (Å²) in [6.07, 6.45) is 2.22. The molecule has 0 amide bonds. The van der Waals surface area contributed by atoms with Crippen molar-refractivity contribution in [2.75, 3.05) is 13.1 Å². The largest absolute Gasteiger partial charge is 0.477 e. The van der Waals surface area contributed by atoms with Crippen molar-refractivity contribution in [1.29, 1.82) is 0 Å². The summed E-state index contributed by atoms with van der Waals surface area (Å²) in [5, 5.41) is 16.7. The average molecular weight is 223 g/mol. The maximum Gasteiger partial charge on any atom is 0.354 e. The molecule has 0 aliphatic carbocycles. The third-order valence-corrected chi connectivity index (χ3v) is 3.03. The number of carbonyl (C=O) groups is 1. The summed E-state index contributed by atoms with van der Waals surface area (Å²) in [6, 6.07) is 1.71. The van der Waals surface area contributed by atoms with Crippen LogP contribution in [-0.4, -0.2) is 33.9 Å². The average Bonchev–Trinajstić information content (AvgIpc) is 2.74. The van der Waals surface area contributed by atoms with Crippen LogP contribution < -0.4 is 5.32 Å². The first kappa shape index (κ1) is 11.1. The molecule has 5 nitrogen and oxygen atoms in total. The molecule has 16 heavy (non-hydrogen) atoms. The Kier molecular flexibility index (Phi) is 3.24. The van der Waals surface area contributed by atoms with E-state index in [1.807, 2.05) is 6.92 Å². The van der Waals surface area contributed by atoms with Gasteiger partial charge in [0.05, 0.1) is 5.69 Å². The molecule has 0 bridgehead atoms. The minimum absolute atomic E-state index is 0.295. The van der Waals surface area contributed by atoms with Gasteiger partial charge in [0.25, 0.3) is 0 Å². The first-order valence-electron chi connectivity index (χ1n) is 5.74. The van der Waals surface area contributed by atoms with E-state index in [1.165, 1.54) is 0 Å². The zero-order valence-electron chi connectivity index (χ0n) is 9.44.